The number of aromatic nitrogens is 9. The average molecular weight is 1130 g/mol. The van der Waals surface area contributed by atoms with Crippen LogP contribution in [0.25, 0.3) is 18.0 Å². The molecule has 12 N–H and O–H groups in total. The molecule has 0 fully saturated rings. The van der Waals surface area contributed by atoms with Gasteiger partial charge in [0.2, 0.25) is 17.6 Å². The fraction of sp³-hybridized carbons (Fsp3) is 0.325. The third-order valence-electron chi connectivity index (χ3n) is 9.14. The molecule has 6 rings (SSSR count). The SMILES string of the molecule is CCC.Cn1ccc(NC(=O)c2cc(NC(=O)c3cc(NC(=O)C(CCNC(=O)c4nc(NC(=O)c5nc(NC(=O)c6nccn6C)cn5C)cn4C)NC[NH-])cn3C)cn2C)c1.[Cl][Pt].[NH2-].[NH2-]. The molecule has 25 nitrogen and oxygen atoms in total. The van der Waals surface area contributed by atoms with E-state index in [1.807, 2.05) is 7.05 Å². The Morgan fingerprint density at radius 1 is 0.627 bits per heavy atom. The van der Waals surface area contributed by atoms with Gasteiger partial charge >= 0.3 is 28.2 Å². The van der Waals surface area contributed by atoms with Crippen molar-refractivity contribution in [3.8, 4) is 0 Å². The molecule has 0 saturated heterocycles. The molecule has 0 spiro atoms. The van der Waals surface area contributed by atoms with Crippen LogP contribution in [0.1, 0.15) is 79.5 Å². The van der Waals surface area contributed by atoms with Crippen LogP contribution in [0.15, 0.2) is 67.8 Å². The zero-order chi connectivity index (χ0) is 48.0. The number of amides is 6. The largest absolute Gasteiger partial charge is 0.693 e. The molecule has 6 aromatic heterocycles. The van der Waals surface area contributed by atoms with Crippen LogP contribution in [0.3, 0.4) is 0 Å². The minimum Gasteiger partial charge on any atom is -0.693 e. The van der Waals surface area contributed by atoms with E-state index in [1.54, 1.807) is 106 Å². The van der Waals surface area contributed by atoms with Gasteiger partial charge in [-0.3, -0.25) is 28.8 Å². The molecule has 367 valence electrons. The summed E-state index contributed by atoms with van der Waals surface area (Å²) < 4.78 is 9.30. The molecule has 6 aromatic rings. The van der Waals surface area contributed by atoms with E-state index in [0.717, 1.165) is 0 Å². The van der Waals surface area contributed by atoms with E-state index in [0.29, 0.717) is 22.8 Å². The maximum atomic E-state index is 13.3. The number of nitrogens with one attached hydrogen (secondary N) is 8. The fourth-order valence-corrected chi connectivity index (χ4v) is 6.18. The van der Waals surface area contributed by atoms with E-state index in [1.165, 1.54) is 49.3 Å². The maximum absolute atomic E-state index is 13.3. The van der Waals surface area contributed by atoms with Crippen LogP contribution < -0.4 is 37.2 Å². The molecule has 0 aliphatic rings. The molecule has 0 aromatic carbocycles. The molecule has 1 unspecified atom stereocenters. The maximum Gasteiger partial charge on any atom is -0.693 e. The number of carbonyl (C=O) groups excluding carboxylic acids is 6. The molecule has 0 aliphatic heterocycles. The molecule has 6 amide bonds. The van der Waals surface area contributed by atoms with Gasteiger partial charge in [0.25, 0.3) is 29.5 Å². The van der Waals surface area contributed by atoms with Crippen molar-refractivity contribution in [1.29, 1.82) is 0 Å². The second kappa shape index (κ2) is 26.3. The van der Waals surface area contributed by atoms with Crippen molar-refractivity contribution in [3.63, 3.8) is 0 Å². The number of hydrogen-bond acceptors (Lipinski definition) is 10. The molecular formula is C40H56ClN19O6Pt-3. The predicted molar refractivity (Wildman–Crippen MR) is 252 cm³/mol. The van der Waals surface area contributed by atoms with E-state index >= 15 is 0 Å². The molecular weight excluding hydrogens is 1070 g/mol. The minimum atomic E-state index is -0.891. The van der Waals surface area contributed by atoms with Gasteiger partial charge in [-0.25, -0.2) is 15.0 Å². The van der Waals surface area contributed by atoms with E-state index in [4.69, 9.17) is 5.73 Å². The van der Waals surface area contributed by atoms with Gasteiger partial charge in [0.15, 0.2) is 17.5 Å². The normalized spacial score (nSPS) is 10.7. The summed E-state index contributed by atoms with van der Waals surface area (Å²) in [5, 5.41) is 19.0. The molecule has 0 saturated carbocycles. The monoisotopic (exact) mass is 1130 g/mol. The Morgan fingerprint density at radius 2 is 1.12 bits per heavy atom. The van der Waals surface area contributed by atoms with Gasteiger partial charge in [-0.15, -0.1) is 0 Å². The van der Waals surface area contributed by atoms with Crippen molar-refractivity contribution < 1.29 is 47.5 Å². The molecule has 6 heterocycles. The second-order valence-corrected chi connectivity index (χ2v) is 14.5. The van der Waals surface area contributed by atoms with Crippen LogP contribution >= 0.6 is 9.42 Å². The Labute approximate surface area is 402 Å². The quantitative estimate of drug-likeness (QED) is 0.0666. The number of nitrogens with two attached hydrogens (primary N) is 2. The first-order valence-electron chi connectivity index (χ1n) is 19.8. The smallest absolute Gasteiger partial charge is 0.693 e. The van der Waals surface area contributed by atoms with Crippen molar-refractivity contribution >= 4 is 73.6 Å². The van der Waals surface area contributed by atoms with Gasteiger partial charge in [-0.2, -0.15) is 0 Å². The van der Waals surface area contributed by atoms with Crippen molar-refractivity contribution in [3.05, 3.63) is 115 Å². The molecule has 0 aliphatic carbocycles. The summed E-state index contributed by atoms with van der Waals surface area (Å²) in [6.07, 6.45) is 14.1. The summed E-state index contributed by atoms with van der Waals surface area (Å²) in [5.74, 6) is -2.75. The third-order valence-corrected chi connectivity index (χ3v) is 9.14. The second-order valence-electron chi connectivity index (χ2n) is 14.5. The van der Waals surface area contributed by atoms with Gasteiger partial charge in [-0.05, 0) is 24.6 Å². The Bertz CT molecular complexity index is 2620. The van der Waals surface area contributed by atoms with Crippen LogP contribution in [0.4, 0.5) is 28.7 Å². The molecule has 0 bridgehead atoms. The Morgan fingerprint density at radius 3 is 1.60 bits per heavy atom. The predicted octanol–water partition coefficient (Wildman–Crippen LogP) is 5.18. The standard InChI is InChI=1S/C37H44N17O6.C3H8.ClH.2H2N.Pt/c1-49-11-8-21(15-49)42-33(56)25-14-23(17-52(25)4)44-34(57)26-13-22(16-51(26)3)43-32(55)24(41-20-38)7-9-40-35(58)30-45-27(18-53(30)5)48-37(60)31-46-28(19-54(31)6)47-36(59)29-39-10-12-50(29)2;1-3-2;;;;/h8,10-19,24,38,41H,7,9,20H2,1-6H3,(H,40,58)(H,42,56)(H,43,55)(H,44,57)(H,47,59)(H,48,60);3H2,1-2H3;1H;2*1H2;/q-1;;;2*-1;+1/p-1. The first-order chi connectivity index (χ1) is 31.0. The van der Waals surface area contributed by atoms with E-state index in [9.17, 15) is 28.8 Å². The summed E-state index contributed by atoms with van der Waals surface area (Å²) in [7, 11) is 14.6. The summed E-state index contributed by atoms with van der Waals surface area (Å²) in [6, 6.07) is 3.92. The number of hydrogen-bond donors (Lipinski definition) is 7. The summed E-state index contributed by atoms with van der Waals surface area (Å²) in [5.41, 5.74) is 9.55. The first kappa shape index (κ1) is 56.2. The molecule has 67 heavy (non-hydrogen) atoms. The van der Waals surface area contributed by atoms with E-state index in [-0.39, 0.29) is 72.6 Å². The summed E-state index contributed by atoms with van der Waals surface area (Å²) in [6.45, 7) is 3.98. The number of rotatable bonds is 16. The van der Waals surface area contributed by atoms with Crippen molar-refractivity contribution in [2.45, 2.75) is 32.7 Å². The molecule has 1 atom stereocenters. The fourth-order valence-electron chi connectivity index (χ4n) is 6.18. The number of halogens is 1. The topological polar surface area (TPSA) is 346 Å². The molecule has 27 heteroatoms. The summed E-state index contributed by atoms with van der Waals surface area (Å²) in [4.78, 5) is 90.4. The molecule has 0 radical (unpaired) electrons. The zero-order valence-electron chi connectivity index (χ0n) is 38.1. The van der Waals surface area contributed by atoms with Crippen molar-refractivity contribution in [2.75, 3.05) is 39.8 Å². The zero-order valence-corrected chi connectivity index (χ0v) is 41.1. The van der Waals surface area contributed by atoms with E-state index in [2.05, 4.69) is 75.4 Å². The van der Waals surface area contributed by atoms with Crippen LogP contribution in [0.2, 0.25) is 0 Å². The van der Waals surface area contributed by atoms with Gasteiger partial charge in [0.1, 0.15) is 11.4 Å². The van der Waals surface area contributed by atoms with Crippen molar-refractivity contribution in [2.24, 2.45) is 42.3 Å². The summed E-state index contributed by atoms with van der Waals surface area (Å²) >= 11 is 1.61. The Kier molecular flexibility index (Phi) is 22.1. The van der Waals surface area contributed by atoms with Gasteiger partial charge in [0.05, 0.1) is 23.1 Å². The van der Waals surface area contributed by atoms with Crippen LogP contribution in [0.5, 0.6) is 0 Å². The number of carbonyl (C=O) groups is 6. The first-order valence-corrected chi connectivity index (χ1v) is 22.7. The Hall–Kier alpha value is -6.89. The van der Waals surface area contributed by atoms with Crippen LogP contribution in [-0.2, 0) is 65.9 Å². The van der Waals surface area contributed by atoms with Crippen molar-refractivity contribution in [1.82, 2.24) is 53.0 Å². The van der Waals surface area contributed by atoms with Crippen LogP contribution in [-0.4, -0.2) is 97.1 Å². The number of anilines is 5. The minimum absolute atomic E-state index is 0. The average Bonchev–Trinajstić information content (AvgIpc) is 4.13. The van der Waals surface area contributed by atoms with E-state index < -0.39 is 35.6 Å². The van der Waals surface area contributed by atoms with Crippen LogP contribution in [0, 0.1) is 0 Å². The Balaban J connectivity index is 0.00000212. The van der Waals surface area contributed by atoms with Gasteiger partial charge < -0.3 is 82.7 Å². The number of aryl methyl sites for hydroxylation is 6. The van der Waals surface area contributed by atoms with Gasteiger partial charge in [-0.1, -0.05) is 26.9 Å². The third kappa shape index (κ3) is 15.1. The van der Waals surface area contributed by atoms with Gasteiger partial charge in [0, 0.05) is 98.4 Å². The number of nitrogens with zero attached hydrogens (tertiary/aromatic N) is 9. The number of imidazole rings is 3.